The third-order valence-electron chi connectivity index (χ3n) is 4.25. The van der Waals surface area contributed by atoms with Crippen molar-refractivity contribution >= 4 is 28.7 Å². The van der Waals surface area contributed by atoms with Gasteiger partial charge in [-0.05, 0) is 29.8 Å². The lowest BCUT2D eigenvalue weighted by Crippen LogP contribution is -2.08. The van der Waals surface area contributed by atoms with Gasteiger partial charge in [0, 0.05) is 21.6 Å². The van der Waals surface area contributed by atoms with Crippen LogP contribution < -0.4 is 0 Å². The standard InChI is InChI=1S/C23H21NO4S/c1-15(2)29-19-9-7-16(8-10-19)11-23(25)26-14-18-13-22(28-24-18)21-12-17-5-3-4-6-20(17)27-21/h3-10,12-13,15H,11,14H2,1-2H3. The topological polar surface area (TPSA) is 65.5 Å². The van der Waals surface area contributed by atoms with Crippen LogP contribution in [0, 0.1) is 0 Å². The van der Waals surface area contributed by atoms with E-state index in [2.05, 4.69) is 19.0 Å². The number of carbonyl (C=O) groups is 1. The molecule has 4 rings (SSSR count). The van der Waals surface area contributed by atoms with Crippen LogP contribution in [-0.4, -0.2) is 16.4 Å². The molecular formula is C23H21NO4S. The highest BCUT2D eigenvalue weighted by molar-refractivity contribution is 7.99. The number of fused-ring (bicyclic) bond motifs is 1. The van der Waals surface area contributed by atoms with E-state index in [1.807, 2.05) is 54.6 Å². The number of aromatic nitrogens is 1. The Balaban J connectivity index is 1.33. The van der Waals surface area contributed by atoms with Gasteiger partial charge in [-0.3, -0.25) is 4.79 Å². The minimum atomic E-state index is -0.303. The molecule has 2 heterocycles. The summed E-state index contributed by atoms with van der Waals surface area (Å²) in [4.78, 5) is 13.3. The Bertz CT molecular complexity index is 1080. The summed E-state index contributed by atoms with van der Waals surface area (Å²) in [6.45, 7) is 4.36. The number of esters is 1. The van der Waals surface area contributed by atoms with E-state index in [4.69, 9.17) is 13.7 Å². The molecule has 0 unspecified atom stereocenters. The molecule has 4 aromatic rings. The Morgan fingerprint density at radius 3 is 2.62 bits per heavy atom. The van der Waals surface area contributed by atoms with Gasteiger partial charge in [-0.25, -0.2) is 0 Å². The van der Waals surface area contributed by atoms with Crippen molar-refractivity contribution in [3.63, 3.8) is 0 Å². The highest BCUT2D eigenvalue weighted by Crippen LogP contribution is 2.28. The highest BCUT2D eigenvalue weighted by atomic mass is 32.2. The number of hydrogen-bond donors (Lipinski definition) is 0. The van der Waals surface area contributed by atoms with E-state index >= 15 is 0 Å². The summed E-state index contributed by atoms with van der Waals surface area (Å²) in [6.07, 6.45) is 0.223. The Hall–Kier alpha value is -2.99. The number of ether oxygens (including phenoxy) is 1. The predicted octanol–water partition coefficient (Wildman–Crippen LogP) is 5.87. The Morgan fingerprint density at radius 2 is 1.86 bits per heavy atom. The smallest absolute Gasteiger partial charge is 0.310 e. The van der Waals surface area contributed by atoms with Gasteiger partial charge in [0.05, 0.1) is 6.42 Å². The molecule has 0 aliphatic carbocycles. The normalized spacial score (nSPS) is 11.3. The van der Waals surface area contributed by atoms with Crippen molar-refractivity contribution in [2.24, 2.45) is 0 Å². The fourth-order valence-electron chi connectivity index (χ4n) is 2.93. The molecule has 0 radical (unpaired) electrons. The first-order chi connectivity index (χ1) is 14.1. The first kappa shape index (κ1) is 19.3. The summed E-state index contributed by atoms with van der Waals surface area (Å²) < 4.78 is 16.4. The maximum absolute atomic E-state index is 12.1. The lowest BCUT2D eigenvalue weighted by Gasteiger charge is -2.06. The zero-order valence-electron chi connectivity index (χ0n) is 16.3. The van der Waals surface area contributed by atoms with Crippen LogP contribution in [0.15, 0.2) is 74.5 Å². The van der Waals surface area contributed by atoms with Crippen LogP contribution in [0.1, 0.15) is 25.1 Å². The van der Waals surface area contributed by atoms with Crippen LogP contribution in [0.5, 0.6) is 0 Å². The molecule has 0 fully saturated rings. The number of thioether (sulfide) groups is 1. The van der Waals surface area contributed by atoms with Crippen molar-refractivity contribution < 1.29 is 18.5 Å². The van der Waals surface area contributed by atoms with Gasteiger partial charge in [0.25, 0.3) is 0 Å². The van der Waals surface area contributed by atoms with Crippen molar-refractivity contribution in [3.8, 4) is 11.5 Å². The fourth-order valence-corrected chi connectivity index (χ4v) is 3.77. The van der Waals surface area contributed by atoms with Crippen molar-refractivity contribution in [3.05, 3.63) is 71.9 Å². The molecular weight excluding hydrogens is 386 g/mol. The quantitative estimate of drug-likeness (QED) is 0.282. The van der Waals surface area contributed by atoms with Crippen molar-refractivity contribution in [1.29, 1.82) is 0 Å². The van der Waals surface area contributed by atoms with Gasteiger partial charge in [-0.1, -0.05) is 49.3 Å². The zero-order chi connectivity index (χ0) is 20.2. The first-order valence-corrected chi connectivity index (χ1v) is 10.3. The molecule has 29 heavy (non-hydrogen) atoms. The maximum Gasteiger partial charge on any atom is 0.310 e. The van der Waals surface area contributed by atoms with E-state index < -0.39 is 0 Å². The molecule has 0 saturated heterocycles. The molecule has 0 atom stereocenters. The molecule has 6 heteroatoms. The van der Waals surface area contributed by atoms with Crippen LogP contribution >= 0.6 is 11.8 Å². The molecule has 0 bridgehead atoms. The molecule has 0 spiro atoms. The van der Waals surface area contributed by atoms with Crippen molar-refractivity contribution in [2.45, 2.75) is 37.0 Å². The molecule has 2 aromatic carbocycles. The third kappa shape index (κ3) is 4.90. The van der Waals surface area contributed by atoms with Crippen molar-refractivity contribution in [1.82, 2.24) is 5.16 Å². The zero-order valence-corrected chi connectivity index (χ0v) is 17.1. The van der Waals surface area contributed by atoms with Crippen LogP contribution in [0.25, 0.3) is 22.5 Å². The molecule has 5 nitrogen and oxygen atoms in total. The predicted molar refractivity (Wildman–Crippen MR) is 113 cm³/mol. The minimum Gasteiger partial charge on any atom is -0.459 e. The second-order valence-electron chi connectivity index (χ2n) is 6.98. The molecule has 0 aliphatic rings. The van der Waals surface area contributed by atoms with Crippen LogP contribution in [0.2, 0.25) is 0 Å². The van der Waals surface area contributed by atoms with Gasteiger partial charge in [0.15, 0.2) is 5.76 Å². The average Bonchev–Trinajstić information content (AvgIpc) is 3.34. The Kier molecular flexibility index (Phi) is 5.71. The van der Waals surface area contributed by atoms with E-state index in [9.17, 15) is 4.79 Å². The number of hydrogen-bond acceptors (Lipinski definition) is 6. The number of carbonyl (C=O) groups excluding carboxylic acids is 1. The second kappa shape index (κ2) is 8.57. The van der Waals surface area contributed by atoms with Gasteiger partial charge in [0.1, 0.15) is 17.9 Å². The summed E-state index contributed by atoms with van der Waals surface area (Å²) in [7, 11) is 0. The monoisotopic (exact) mass is 407 g/mol. The fraction of sp³-hybridized carbons (Fsp3) is 0.217. The van der Waals surface area contributed by atoms with E-state index in [0.29, 0.717) is 22.5 Å². The highest BCUT2D eigenvalue weighted by Gasteiger charge is 2.13. The van der Waals surface area contributed by atoms with Crippen molar-refractivity contribution in [2.75, 3.05) is 0 Å². The number of rotatable bonds is 7. The molecule has 148 valence electrons. The van der Waals surface area contributed by atoms with Gasteiger partial charge in [-0.2, -0.15) is 0 Å². The second-order valence-corrected chi connectivity index (χ2v) is 8.63. The molecule has 0 N–H and O–H groups in total. The summed E-state index contributed by atoms with van der Waals surface area (Å²) in [6, 6.07) is 19.3. The molecule has 0 aliphatic heterocycles. The SMILES string of the molecule is CC(C)Sc1ccc(CC(=O)OCc2cc(-c3cc4ccccc4o3)on2)cc1. The Labute approximate surface area is 173 Å². The lowest BCUT2D eigenvalue weighted by atomic mass is 10.1. The summed E-state index contributed by atoms with van der Waals surface area (Å²) in [5.41, 5.74) is 2.24. The number of benzene rings is 2. The summed E-state index contributed by atoms with van der Waals surface area (Å²) in [5.74, 6) is 0.795. The first-order valence-electron chi connectivity index (χ1n) is 9.42. The largest absolute Gasteiger partial charge is 0.459 e. The van der Waals surface area contributed by atoms with Gasteiger partial charge in [-0.15, -0.1) is 11.8 Å². The van der Waals surface area contributed by atoms with Gasteiger partial charge < -0.3 is 13.7 Å². The van der Waals surface area contributed by atoms with Gasteiger partial charge in [0.2, 0.25) is 5.76 Å². The van der Waals surface area contributed by atoms with Crippen LogP contribution in [-0.2, 0) is 22.6 Å². The molecule has 2 aromatic heterocycles. The van der Waals surface area contributed by atoms with E-state index in [0.717, 1.165) is 16.5 Å². The van der Waals surface area contributed by atoms with Gasteiger partial charge >= 0.3 is 5.97 Å². The molecule has 0 saturated carbocycles. The molecule has 0 amide bonds. The van der Waals surface area contributed by atoms with Crippen LogP contribution in [0.3, 0.4) is 0 Å². The third-order valence-corrected chi connectivity index (χ3v) is 5.27. The maximum atomic E-state index is 12.1. The van der Waals surface area contributed by atoms with Crippen LogP contribution in [0.4, 0.5) is 0 Å². The van der Waals surface area contributed by atoms with E-state index in [1.165, 1.54) is 4.90 Å². The van der Waals surface area contributed by atoms with E-state index in [-0.39, 0.29) is 19.0 Å². The average molecular weight is 407 g/mol. The number of nitrogens with zero attached hydrogens (tertiary/aromatic N) is 1. The number of furan rings is 1. The lowest BCUT2D eigenvalue weighted by molar-refractivity contribution is -0.144. The number of para-hydroxylation sites is 1. The van der Waals surface area contributed by atoms with E-state index in [1.54, 1.807) is 17.8 Å². The minimum absolute atomic E-state index is 0.0594. The Morgan fingerprint density at radius 1 is 1.07 bits per heavy atom. The summed E-state index contributed by atoms with van der Waals surface area (Å²) >= 11 is 1.79. The summed E-state index contributed by atoms with van der Waals surface area (Å²) in [5, 5.41) is 5.48.